The summed E-state index contributed by atoms with van der Waals surface area (Å²) in [6.45, 7) is 1.10. The number of para-hydroxylation sites is 2. The molecule has 0 aliphatic carbocycles. The van der Waals surface area contributed by atoms with E-state index in [1.807, 2.05) is 30.3 Å². The number of nitrogens with one attached hydrogen (secondary N) is 1. The normalized spacial score (nSPS) is 11.8. The van der Waals surface area contributed by atoms with Crippen LogP contribution < -0.4 is 14.4 Å². The minimum absolute atomic E-state index is 0.0260. The Hall–Kier alpha value is -4.70. The fourth-order valence-electron chi connectivity index (χ4n) is 4.70. The third kappa shape index (κ3) is 7.58. The molecule has 0 aliphatic heterocycles. The van der Waals surface area contributed by atoms with Crippen molar-refractivity contribution in [2.75, 3.05) is 24.5 Å². The summed E-state index contributed by atoms with van der Waals surface area (Å²) in [5, 5.41) is 2.61. The minimum Gasteiger partial charge on any atom is -0.492 e. The second-order valence-corrected chi connectivity index (χ2v) is 11.5. The van der Waals surface area contributed by atoms with Crippen molar-refractivity contribution >= 4 is 27.5 Å². The Balaban J connectivity index is 1.82. The molecule has 10 heteroatoms. The van der Waals surface area contributed by atoms with Crippen molar-refractivity contribution in [1.29, 1.82) is 0 Å². The number of ether oxygens (including phenoxy) is 1. The van der Waals surface area contributed by atoms with Gasteiger partial charge in [0.1, 0.15) is 24.2 Å². The summed E-state index contributed by atoms with van der Waals surface area (Å²) in [5.41, 5.74) is 1.12. The summed E-state index contributed by atoms with van der Waals surface area (Å²) in [6, 6.07) is 28.3. The van der Waals surface area contributed by atoms with E-state index in [1.54, 1.807) is 55.5 Å². The van der Waals surface area contributed by atoms with E-state index in [2.05, 4.69) is 5.32 Å². The van der Waals surface area contributed by atoms with E-state index in [1.165, 1.54) is 42.3 Å². The number of hydrogen-bond donors (Lipinski definition) is 1. The first kappa shape index (κ1) is 31.2. The van der Waals surface area contributed by atoms with E-state index in [4.69, 9.17) is 4.74 Å². The summed E-state index contributed by atoms with van der Waals surface area (Å²) in [6.07, 6.45) is 0.127. The number of hydrogen-bond acceptors (Lipinski definition) is 5. The lowest BCUT2D eigenvalue weighted by Gasteiger charge is -2.34. The number of nitrogens with zero attached hydrogens (tertiary/aromatic N) is 2. The molecule has 0 bridgehead atoms. The van der Waals surface area contributed by atoms with Crippen LogP contribution in [-0.2, 0) is 32.6 Å². The Bertz CT molecular complexity index is 1630. The molecule has 4 rings (SSSR count). The summed E-state index contributed by atoms with van der Waals surface area (Å²) < 4.78 is 49.8. The van der Waals surface area contributed by atoms with Crippen LogP contribution in [0.2, 0.25) is 0 Å². The van der Waals surface area contributed by atoms with Gasteiger partial charge in [-0.3, -0.25) is 13.9 Å². The van der Waals surface area contributed by atoms with Crippen molar-refractivity contribution in [3.05, 3.63) is 126 Å². The molecule has 8 nitrogen and oxygen atoms in total. The van der Waals surface area contributed by atoms with Crippen molar-refractivity contribution in [3.63, 3.8) is 0 Å². The molecule has 0 saturated heterocycles. The van der Waals surface area contributed by atoms with Gasteiger partial charge in [0.2, 0.25) is 11.8 Å². The van der Waals surface area contributed by atoms with Gasteiger partial charge in [0.05, 0.1) is 17.2 Å². The highest BCUT2D eigenvalue weighted by atomic mass is 32.2. The van der Waals surface area contributed by atoms with Gasteiger partial charge < -0.3 is 15.0 Å². The SMILES string of the molecule is CCOc1ccccc1N(CC(=O)N(Cc1ccccc1F)[C@H](Cc1ccccc1)C(=O)NC)S(=O)(=O)c1ccccc1. The number of sulfonamides is 1. The van der Waals surface area contributed by atoms with Gasteiger partial charge in [-0.1, -0.05) is 78.9 Å². The number of carbonyl (C=O) groups is 2. The van der Waals surface area contributed by atoms with Gasteiger partial charge in [0.15, 0.2) is 0 Å². The Kier molecular flexibility index (Phi) is 10.5. The van der Waals surface area contributed by atoms with Crippen LogP contribution >= 0.6 is 0 Å². The van der Waals surface area contributed by atoms with Crippen molar-refractivity contribution in [1.82, 2.24) is 10.2 Å². The number of carbonyl (C=O) groups excluding carboxylic acids is 2. The summed E-state index contributed by atoms with van der Waals surface area (Å²) in [4.78, 5) is 28.8. The van der Waals surface area contributed by atoms with Gasteiger partial charge in [-0.15, -0.1) is 0 Å². The molecule has 4 aromatic rings. The van der Waals surface area contributed by atoms with Gasteiger partial charge in [0.25, 0.3) is 10.0 Å². The molecule has 0 aliphatic rings. The van der Waals surface area contributed by atoms with Crippen LogP contribution in [0.5, 0.6) is 5.75 Å². The van der Waals surface area contributed by atoms with Gasteiger partial charge in [-0.05, 0) is 42.8 Å². The standard InChI is InChI=1S/C33H34FN3O5S/c1-3-42-31-21-13-12-20-29(31)37(43(40,41)27-17-8-5-9-18-27)24-32(38)36(23-26-16-10-11-19-28(26)34)30(33(39)35-2)22-25-14-6-4-7-15-25/h4-21,30H,3,22-24H2,1-2H3,(H,35,39)/t30-/m1/s1. The smallest absolute Gasteiger partial charge is 0.264 e. The van der Waals surface area contributed by atoms with Crippen LogP contribution in [0.3, 0.4) is 0 Å². The van der Waals surface area contributed by atoms with E-state index >= 15 is 0 Å². The predicted molar refractivity (Wildman–Crippen MR) is 164 cm³/mol. The molecule has 0 unspecified atom stereocenters. The summed E-state index contributed by atoms with van der Waals surface area (Å²) in [5.74, 6) is -1.45. The third-order valence-electron chi connectivity index (χ3n) is 6.86. The molecule has 4 aromatic carbocycles. The lowest BCUT2D eigenvalue weighted by molar-refractivity contribution is -0.139. The zero-order chi connectivity index (χ0) is 30.8. The van der Waals surface area contributed by atoms with Crippen LogP contribution in [-0.4, -0.2) is 51.4 Å². The van der Waals surface area contributed by atoms with E-state index in [9.17, 15) is 22.4 Å². The first-order valence-corrected chi connectivity index (χ1v) is 15.3. The Morgan fingerprint density at radius 1 is 0.860 bits per heavy atom. The first-order chi connectivity index (χ1) is 20.8. The molecule has 0 spiro atoms. The lowest BCUT2D eigenvalue weighted by atomic mass is 10.0. The van der Waals surface area contributed by atoms with Gasteiger partial charge in [0, 0.05) is 25.6 Å². The van der Waals surface area contributed by atoms with Crippen molar-refractivity contribution in [2.45, 2.75) is 30.8 Å². The molecule has 0 fully saturated rings. The van der Waals surface area contributed by atoms with Crippen LogP contribution in [0.4, 0.5) is 10.1 Å². The minimum atomic E-state index is -4.28. The molecular weight excluding hydrogens is 569 g/mol. The van der Waals surface area contributed by atoms with E-state index < -0.39 is 40.2 Å². The fraction of sp³-hybridized carbons (Fsp3) is 0.212. The largest absolute Gasteiger partial charge is 0.492 e. The monoisotopic (exact) mass is 603 g/mol. The first-order valence-electron chi connectivity index (χ1n) is 13.8. The Labute approximate surface area is 251 Å². The molecule has 1 atom stereocenters. The van der Waals surface area contributed by atoms with Crippen molar-refractivity contribution in [2.24, 2.45) is 0 Å². The van der Waals surface area contributed by atoms with Crippen LogP contribution in [0.15, 0.2) is 114 Å². The Morgan fingerprint density at radius 2 is 1.47 bits per heavy atom. The number of anilines is 1. The van der Waals surface area contributed by atoms with Gasteiger partial charge in [-0.2, -0.15) is 0 Å². The third-order valence-corrected chi connectivity index (χ3v) is 8.63. The molecule has 224 valence electrons. The predicted octanol–water partition coefficient (Wildman–Crippen LogP) is 4.81. The van der Waals surface area contributed by atoms with E-state index in [-0.39, 0.29) is 41.5 Å². The Morgan fingerprint density at radius 3 is 2.12 bits per heavy atom. The highest BCUT2D eigenvalue weighted by Crippen LogP contribution is 2.33. The molecule has 2 amide bonds. The maximum Gasteiger partial charge on any atom is 0.264 e. The van der Waals surface area contributed by atoms with E-state index in [0.29, 0.717) is 0 Å². The fourth-order valence-corrected chi connectivity index (χ4v) is 6.15. The van der Waals surface area contributed by atoms with Crippen molar-refractivity contribution < 1.29 is 27.1 Å². The maximum atomic E-state index is 14.9. The molecule has 43 heavy (non-hydrogen) atoms. The van der Waals surface area contributed by atoms with Crippen LogP contribution in [0.25, 0.3) is 0 Å². The zero-order valence-corrected chi connectivity index (χ0v) is 24.8. The molecule has 0 saturated carbocycles. The number of rotatable bonds is 13. The van der Waals surface area contributed by atoms with Crippen LogP contribution in [0, 0.1) is 5.82 Å². The second kappa shape index (κ2) is 14.5. The van der Waals surface area contributed by atoms with E-state index in [0.717, 1.165) is 9.87 Å². The van der Waals surface area contributed by atoms with Crippen LogP contribution in [0.1, 0.15) is 18.1 Å². The number of amides is 2. The summed E-state index contributed by atoms with van der Waals surface area (Å²) >= 11 is 0. The maximum absolute atomic E-state index is 14.9. The molecule has 1 N–H and O–H groups in total. The summed E-state index contributed by atoms with van der Waals surface area (Å²) in [7, 11) is -2.83. The number of likely N-dealkylation sites (N-methyl/N-ethyl adjacent to an activating group) is 1. The molecule has 0 heterocycles. The quantitative estimate of drug-likeness (QED) is 0.237. The lowest BCUT2D eigenvalue weighted by Crippen LogP contribution is -2.53. The average molecular weight is 604 g/mol. The highest BCUT2D eigenvalue weighted by Gasteiger charge is 2.35. The zero-order valence-electron chi connectivity index (χ0n) is 24.0. The van der Waals surface area contributed by atoms with Gasteiger partial charge in [-0.25, -0.2) is 12.8 Å². The molecule has 0 aromatic heterocycles. The van der Waals surface area contributed by atoms with Crippen molar-refractivity contribution in [3.8, 4) is 5.75 Å². The number of benzene rings is 4. The highest BCUT2D eigenvalue weighted by molar-refractivity contribution is 7.92. The average Bonchev–Trinajstić information content (AvgIpc) is 3.03. The van der Waals surface area contributed by atoms with Gasteiger partial charge >= 0.3 is 0 Å². The molecular formula is C33H34FN3O5S. The number of halogens is 1. The topological polar surface area (TPSA) is 96.0 Å². The second-order valence-electron chi connectivity index (χ2n) is 9.66. The molecule has 0 radical (unpaired) electrons.